The van der Waals surface area contributed by atoms with E-state index in [0.717, 1.165) is 5.69 Å². The van der Waals surface area contributed by atoms with Gasteiger partial charge in [0.1, 0.15) is 0 Å². The lowest BCUT2D eigenvalue weighted by Gasteiger charge is -2.07. The number of benzene rings is 2. The highest BCUT2D eigenvalue weighted by molar-refractivity contribution is 7.98. The van der Waals surface area contributed by atoms with Gasteiger partial charge in [0.15, 0.2) is 5.03 Å². The highest BCUT2D eigenvalue weighted by Gasteiger charge is 2.07. The number of thioether (sulfide) groups is 1. The Bertz CT molecular complexity index is 875. The fourth-order valence-electron chi connectivity index (χ4n) is 2.25. The summed E-state index contributed by atoms with van der Waals surface area (Å²) in [6.45, 7) is 2.06. The zero-order chi connectivity index (χ0) is 16.2. The highest BCUT2D eigenvalue weighted by atomic mass is 35.5. The van der Waals surface area contributed by atoms with Gasteiger partial charge in [0.25, 0.3) is 5.56 Å². The molecule has 0 N–H and O–H groups in total. The predicted octanol–water partition coefficient (Wildman–Crippen LogP) is 4.49. The van der Waals surface area contributed by atoms with Crippen LogP contribution in [0, 0.1) is 6.92 Å². The van der Waals surface area contributed by atoms with Crippen LogP contribution in [0.3, 0.4) is 0 Å². The zero-order valence-electron chi connectivity index (χ0n) is 12.6. The largest absolute Gasteiger partial charge is 0.287 e. The Kier molecular flexibility index (Phi) is 4.84. The summed E-state index contributed by atoms with van der Waals surface area (Å²) in [5.74, 6) is 0.717. The van der Waals surface area contributed by atoms with Crippen LogP contribution in [0.15, 0.2) is 70.7 Å². The van der Waals surface area contributed by atoms with Gasteiger partial charge >= 0.3 is 0 Å². The van der Waals surface area contributed by atoms with Crippen LogP contribution in [0.4, 0.5) is 0 Å². The van der Waals surface area contributed by atoms with Gasteiger partial charge in [0.2, 0.25) is 0 Å². The molecule has 2 aromatic carbocycles. The number of halogens is 1. The molecule has 0 saturated carbocycles. The summed E-state index contributed by atoms with van der Waals surface area (Å²) in [6.07, 6.45) is 3.32. The van der Waals surface area contributed by atoms with E-state index in [1.54, 1.807) is 29.1 Å². The van der Waals surface area contributed by atoms with Crippen molar-refractivity contribution >= 4 is 23.4 Å². The molecule has 3 rings (SSSR count). The molecule has 0 unspecified atom stereocenters. The molecule has 0 aliphatic rings. The molecule has 0 saturated heterocycles. The molecule has 5 heteroatoms. The number of aryl methyl sites for hydroxylation is 1. The van der Waals surface area contributed by atoms with Crippen LogP contribution in [0.5, 0.6) is 0 Å². The normalized spacial score (nSPS) is 10.7. The number of rotatable bonds is 4. The fourth-order valence-corrected chi connectivity index (χ4v) is 3.22. The highest BCUT2D eigenvalue weighted by Crippen LogP contribution is 2.19. The van der Waals surface area contributed by atoms with Gasteiger partial charge in [-0.3, -0.25) is 9.36 Å². The monoisotopic (exact) mass is 342 g/mol. The molecule has 0 amide bonds. The molecule has 0 fully saturated rings. The van der Waals surface area contributed by atoms with Crippen LogP contribution in [0.25, 0.3) is 5.69 Å². The van der Waals surface area contributed by atoms with E-state index >= 15 is 0 Å². The summed E-state index contributed by atoms with van der Waals surface area (Å²) in [4.78, 5) is 16.8. The van der Waals surface area contributed by atoms with Crippen molar-refractivity contribution in [3.63, 3.8) is 0 Å². The summed E-state index contributed by atoms with van der Waals surface area (Å²) in [6, 6.07) is 15.4. The SMILES string of the molecule is Cc1cccc(CSc2nccn(-c3ccc(Cl)cc3)c2=O)c1. The average molecular weight is 343 g/mol. The van der Waals surface area contributed by atoms with E-state index in [4.69, 9.17) is 11.6 Å². The third kappa shape index (κ3) is 3.84. The van der Waals surface area contributed by atoms with Gasteiger partial charge in [-0.25, -0.2) is 4.98 Å². The smallest absolute Gasteiger partial charge is 0.280 e. The first-order chi connectivity index (χ1) is 11.1. The first-order valence-corrected chi connectivity index (χ1v) is 8.52. The van der Waals surface area contributed by atoms with Crippen molar-refractivity contribution < 1.29 is 0 Å². The summed E-state index contributed by atoms with van der Waals surface area (Å²) in [5, 5.41) is 1.13. The molecule has 3 nitrogen and oxygen atoms in total. The molecule has 0 spiro atoms. The van der Waals surface area contributed by atoms with Crippen LogP contribution in [0.2, 0.25) is 5.02 Å². The first-order valence-electron chi connectivity index (χ1n) is 7.15. The molecule has 0 aliphatic heterocycles. The van der Waals surface area contributed by atoms with Gasteiger partial charge < -0.3 is 0 Å². The minimum Gasteiger partial charge on any atom is -0.280 e. The number of hydrogen-bond donors (Lipinski definition) is 0. The second-order valence-electron chi connectivity index (χ2n) is 5.16. The van der Waals surface area contributed by atoms with Gasteiger partial charge in [-0.2, -0.15) is 0 Å². The topological polar surface area (TPSA) is 34.9 Å². The quantitative estimate of drug-likeness (QED) is 0.655. The van der Waals surface area contributed by atoms with Gasteiger partial charge in [0.05, 0.1) is 0 Å². The Morgan fingerprint density at radius 3 is 2.70 bits per heavy atom. The van der Waals surface area contributed by atoms with Gasteiger partial charge in [-0.15, -0.1) is 0 Å². The second-order valence-corrected chi connectivity index (χ2v) is 6.56. The second kappa shape index (κ2) is 7.02. The third-order valence-corrected chi connectivity index (χ3v) is 4.66. The maximum atomic E-state index is 12.6. The first kappa shape index (κ1) is 15.8. The molecule has 0 bridgehead atoms. The van der Waals surface area contributed by atoms with Crippen LogP contribution in [-0.4, -0.2) is 9.55 Å². The minimum absolute atomic E-state index is 0.118. The van der Waals surface area contributed by atoms with Crippen LogP contribution < -0.4 is 5.56 Å². The Balaban J connectivity index is 1.85. The summed E-state index contributed by atoms with van der Waals surface area (Å²) in [7, 11) is 0. The molecule has 0 atom stereocenters. The lowest BCUT2D eigenvalue weighted by Crippen LogP contribution is -2.20. The van der Waals surface area contributed by atoms with Gasteiger partial charge in [0, 0.05) is 28.9 Å². The van der Waals surface area contributed by atoms with E-state index in [9.17, 15) is 4.79 Å². The van der Waals surface area contributed by atoms with Gasteiger partial charge in [-0.1, -0.05) is 53.2 Å². The Morgan fingerprint density at radius 2 is 1.96 bits per heavy atom. The number of hydrogen-bond acceptors (Lipinski definition) is 3. The molecule has 0 aliphatic carbocycles. The van der Waals surface area contributed by atoms with Gasteiger partial charge in [-0.05, 0) is 36.8 Å². The van der Waals surface area contributed by atoms with Crippen LogP contribution >= 0.6 is 23.4 Å². The molecular weight excluding hydrogens is 328 g/mol. The fraction of sp³-hybridized carbons (Fsp3) is 0.111. The van der Waals surface area contributed by atoms with Crippen molar-refractivity contribution in [2.24, 2.45) is 0 Å². The standard InChI is InChI=1S/C18H15ClN2OS/c1-13-3-2-4-14(11-13)12-23-17-18(22)21(10-9-20-17)16-7-5-15(19)6-8-16/h2-11H,12H2,1H3. The zero-order valence-corrected chi connectivity index (χ0v) is 14.1. The maximum Gasteiger partial charge on any atom is 0.287 e. The van der Waals surface area contributed by atoms with Crippen molar-refractivity contribution in [3.8, 4) is 5.69 Å². The maximum absolute atomic E-state index is 12.6. The Hall–Kier alpha value is -2.04. The van der Waals surface area contributed by atoms with Crippen molar-refractivity contribution in [2.45, 2.75) is 17.7 Å². The van der Waals surface area contributed by atoms with E-state index in [-0.39, 0.29) is 5.56 Å². The molecule has 0 radical (unpaired) electrons. The van der Waals surface area contributed by atoms with Crippen molar-refractivity contribution in [2.75, 3.05) is 0 Å². The van der Waals surface area contributed by atoms with E-state index < -0.39 is 0 Å². The summed E-state index contributed by atoms with van der Waals surface area (Å²) < 4.78 is 1.59. The van der Waals surface area contributed by atoms with Crippen molar-refractivity contribution in [1.29, 1.82) is 0 Å². The van der Waals surface area contributed by atoms with Crippen molar-refractivity contribution in [1.82, 2.24) is 9.55 Å². The lowest BCUT2D eigenvalue weighted by molar-refractivity contribution is 0.882. The summed E-state index contributed by atoms with van der Waals surface area (Å²) in [5.41, 5.74) is 3.05. The molecule has 23 heavy (non-hydrogen) atoms. The van der Waals surface area contributed by atoms with Crippen LogP contribution in [0.1, 0.15) is 11.1 Å². The number of nitrogens with zero attached hydrogens (tertiary/aromatic N) is 2. The molecule has 3 aromatic rings. The average Bonchev–Trinajstić information content (AvgIpc) is 2.55. The third-order valence-electron chi connectivity index (χ3n) is 3.37. The number of aromatic nitrogens is 2. The van der Waals surface area contributed by atoms with E-state index in [1.165, 1.54) is 22.9 Å². The molecular formula is C18H15ClN2OS. The summed E-state index contributed by atoms with van der Waals surface area (Å²) >= 11 is 7.35. The molecule has 1 aromatic heterocycles. The lowest BCUT2D eigenvalue weighted by atomic mass is 10.2. The van der Waals surface area contributed by atoms with Crippen molar-refractivity contribution in [3.05, 3.63) is 87.4 Å². The van der Waals surface area contributed by atoms with E-state index in [2.05, 4.69) is 30.1 Å². The Labute approximate surface area is 144 Å². The van der Waals surface area contributed by atoms with E-state index in [0.29, 0.717) is 15.8 Å². The minimum atomic E-state index is -0.118. The molecule has 116 valence electrons. The van der Waals surface area contributed by atoms with Crippen LogP contribution in [-0.2, 0) is 5.75 Å². The predicted molar refractivity (Wildman–Crippen MR) is 95.6 cm³/mol. The van der Waals surface area contributed by atoms with E-state index in [1.807, 2.05) is 18.2 Å². The Morgan fingerprint density at radius 1 is 1.17 bits per heavy atom. The molecule has 1 heterocycles.